The quantitative estimate of drug-likeness (QED) is 0.174. The van der Waals surface area contributed by atoms with Crippen LogP contribution in [0.25, 0.3) is 0 Å². The van der Waals surface area contributed by atoms with Crippen LogP contribution >= 0.6 is 0 Å². The topological polar surface area (TPSA) is 183 Å². The Balaban J connectivity index is 1.52. The van der Waals surface area contributed by atoms with Gasteiger partial charge in [0.2, 0.25) is 23.6 Å². The van der Waals surface area contributed by atoms with Gasteiger partial charge in [-0.15, -0.1) is 0 Å². The molecule has 1 unspecified atom stereocenters. The minimum Gasteiger partial charge on any atom is -0.444 e. The van der Waals surface area contributed by atoms with Crippen molar-refractivity contribution in [3.63, 3.8) is 0 Å². The number of carbonyl (C=O) groups excluding carboxylic acids is 7. The van der Waals surface area contributed by atoms with Gasteiger partial charge < -0.3 is 30.9 Å². The molecule has 1 saturated heterocycles. The van der Waals surface area contributed by atoms with E-state index in [-0.39, 0.29) is 38.5 Å². The van der Waals surface area contributed by atoms with Gasteiger partial charge in [-0.25, -0.2) is 4.79 Å². The number of alkyl carbamates (subject to hydrolysis) is 1. The first-order valence-corrected chi connectivity index (χ1v) is 14.4. The van der Waals surface area contributed by atoms with Crippen LogP contribution in [0.3, 0.4) is 0 Å². The van der Waals surface area contributed by atoms with E-state index in [1.807, 2.05) is 6.07 Å². The van der Waals surface area contributed by atoms with Gasteiger partial charge in [0.05, 0.1) is 6.54 Å². The standard InChI is InChI=1S/C30H40N6O8/c1-19-15-22(28(42)36(19)18-24(38)31-13-8-14-35-25(39)11-12-26(35)40)34-27(41)21(16-20-9-6-5-7-10-20)33-23(37)17-32-29(43)44-30(2,3)4/h5-7,9-12,19,21-22H,8,13-18H2,1-4H3,(H,31,38)(H,32,43)(H,33,37)(H,34,41)/t19?,21-,22-/m0/s1. The Kier molecular flexibility index (Phi) is 11.6. The number of hydrogen-bond acceptors (Lipinski definition) is 8. The molecule has 0 aromatic heterocycles. The Hall–Kier alpha value is -4.75. The average molecular weight is 613 g/mol. The van der Waals surface area contributed by atoms with Crippen LogP contribution in [0.5, 0.6) is 0 Å². The van der Waals surface area contributed by atoms with Crippen molar-refractivity contribution < 1.29 is 38.3 Å². The molecule has 2 aliphatic rings. The lowest BCUT2D eigenvalue weighted by molar-refractivity contribution is -0.137. The summed E-state index contributed by atoms with van der Waals surface area (Å²) in [5.74, 6) is -2.84. The summed E-state index contributed by atoms with van der Waals surface area (Å²) in [5.41, 5.74) is 0.0248. The van der Waals surface area contributed by atoms with E-state index in [0.29, 0.717) is 6.42 Å². The van der Waals surface area contributed by atoms with E-state index in [1.165, 1.54) is 17.1 Å². The van der Waals surface area contributed by atoms with Crippen molar-refractivity contribution in [1.82, 2.24) is 31.1 Å². The number of ether oxygens (including phenoxy) is 1. The van der Waals surface area contributed by atoms with Gasteiger partial charge in [0.25, 0.3) is 11.8 Å². The molecule has 0 saturated carbocycles. The lowest BCUT2D eigenvalue weighted by Gasteiger charge is -2.22. The molecule has 3 atom stereocenters. The van der Waals surface area contributed by atoms with E-state index in [9.17, 15) is 33.6 Å². The molecule has 2 heterocycles. The molecule has 0 spiro atoms. The van der Waals surface area contributed by atoms with Crippen molar-refractivity contribution in [2.45, 2.75) is 70.7 Å². The normalized spacial score (nSPS) is 18.7. The lowest BCUT2D eigenvalue weighted by Crippen LogP contribution is -2.54. The van der Waals surface area contributed by atoms with Gasteiger partial charge in [0.15, 0.2) is 0 Å². The zero-order chi connectivity index (χ0) is 32.4. The Labute approximate surface area is 255 Å². The van der Waals surface area contributed by atoms with Gasteiger partial charge in [-0.2, -0.15) is 0 Å². The Morgan fingerprint density at radius 3 is 2.27 bits per heavy atom. The van der Waals surface area contributed by atoms with Crippen molar-refractivity contribution in [3.8, 4) is 0 Å². The van der Waals surface area contributed by atoms with Crippen LogP contribution < -0.4 is 21.3 Å². The first-order valence-electron chi connectivity index (χ1n) is 14.4. The monoisotopic (exact) mass is 612 g/mol. The van der Waals surface area contributed by atoms with Crippen molar-refractivity contribution in [1.29, 1.82) is 0 Å². The highest BCUT2D eigenvalue weighted by Crippen LogP contribution is 2.19. The fourth-order valence-electron chi connectivity index (χ4n) is 4.71. The van der Waals surface area contributed by atoms with E-state index in [1.54, 1.807) is 52.0 Å². The van der Waals surface area contributed by atoms with Crippen LogP contribution in [0, 0.1) is 0 Å². The maximum atomic E-state index is 13.3. The van der Waals surface area contributed by atoms with Crippen LogP contribution in [0.1, 0.15) is 46.1 Å². The Morgan fingerprint density at radius 2 is 1.64 bits per heavy atom. The summed E-state index contributed by atoms with van der Waals surface area (Å²) in [5, 5.41) is 10.4. The fourth-order valence-corrected chi connectivity index (χ4v) is 4.71. The number of benzene rings is 1. The molecule has 14 nitrogen and oxygen atoms in total. The molecule has 1 aromatic rings. The molecule has 0 bridgehead atoms. The molecule has 14 heteroatoms. The Morgan fingerprint density at radius 1 is 0.977 bits per heavy atom. The number of imide groups is 1. The number of rotatable bonds is 13. The fraction of sp³-hybridized carbons (Fsp3) is 0.500. The minimum absolute atomic E-state index is 0.137. The van der Waals surface area contributed by atoms with E-state index >= 15 is 0 Å². The highest BCUT2D eigenvalue weighted by Gasteiger charge is 2.39. The van der Waals surface area contributed by atoms with Crippen molar-refractivity contribution >= 4 is 41.5 Å². The predicted molar refractivity (Wildman–Crippen MR) is 158 cm³/mol. The predicted octanol–water partition coefficient (Wildman–Crippen LogP) is -0.224. The zero-order valence-corrected chi connectivity index (χ0v) is 25.4. The number of nitrogens with one attached hydrogen (secondary N) is 4. The van der Waals surface area contributed by atoms with Crippen LogP contribution in [0.4, 0.5) is 4.79 Å². The van der Waals surface area contributed by atoms with E-state index in [2.05, 4.69) is 21.3 Å². The Bertz CT molecular complexity index is 1270. The van der Waals surface area contributed by atoms with Crippen LogP contribution in [-0.4, -0.2) is 101 Å². The first kappa shape index (κ1) is 33.7. The first-order chi connectivity index (χ1) is 20.7. The van der Waals surface area contributed by atoms with Crippen molar-refractivity contribution in [2.75, 3.05) is 26.2 Å². The van der Waals surface area contributed by atoms with Crippen molar-refractivity contribution in [3.05, 3.63) is 48.0 Å². The van der Waals surface area contributed by atoms with Gasteiger partial charge >= 0.3 is 6.09 Å². The third-order valence-electron chi connectivity index (χ3n) is 6.83. The molecular formula is C30H40N6O8. The summed E-state index contributed by atoms with van der Waals surface area (Å²) in [6, 6.07) is 6.71. The zero-order valence-electron chi connectivity index (χ0n) is 25.4. The summed E-state index contributed by atoms with van der Waals surface area (Å²) >= 11 is 0. The van der Waals surface area contributed by atoms with Gasteiger partial charge in [-0.3, -0.25) is 33.7 Å². The highest BCUT2D eigenvalue weighted by molar-refractivity contribution is 6.12. The number of nitrogens with zero attached hydrogens (tertiary/aromatic N) is 2. The van der Waals surface area contributed by atoms with Crippen LogP contribution in [0.15, 0.2) is 42.5 Å². The third kappa shape index (κ3) is 10.2. The molecule has 1 aromatic carbocycles. The molecule has 0 radical (unpaired) electrons. The summed E-state index contributed by atoms with van der Waals surface area (Å²) in [6.45, 7) is 6.55. The van der Waals surface area contributed by atoms with E-state index in [4.69, 9.17) is 4.74 Å². The molecule has 44 heavy (non-hydrogen) atoms. The second-order valence-electron chi connectivity index (χ2n) is 11.6. The number of hydrogen-bond donors (Lipinski definition) is 4. The van der Waals surface area contributed by atoms with E-state index < -0.39 is 65.8 Å². The number of likely N-dealkylation sites (tertiary alicyclic amines) is 1. The molecule has 3 rings (SSSR count). The van der Waals surface area contributed by atoms with Crippen molar-refractivity contribution in [2.24, 2.45) is 0 Å². The summed E-state index contributed by atoms with van der Waals surface area (Å²) < 4.78 is 5.13. The number of amides is 7. The summed E-state index contributed by atoms with van der Waals surface area (Å²) in [7, 11) is 0. The van der Waals surface area contributed by atoms with Crippen LogP contribution in [-0.2, 0) is 39.9 Å². The second-order valence-corrected chi connectivity index (χ2v) is 11.6. The molecule has 1 fully saturated rings. The lowest BCUT2D eigenvalue weighted by atomic mass is 10.0. The average Bonchev–Trinajstić information content (AvgIpc) is 3.40. The van der Waals surface area contributed by atoms with Crippen LogP contribution in [0.2, 0.25) is 0 Å². The SMILES string of the molecule is CC1C[C@H](NC(=O)[C@H](Cc2ccccc2)NC(=O)CNC(=O)OC(C)(C)C)C(=O)N1CC(=O)NCCCN1C(=O)C=CC1=O. The highest BCUT2D eigenvalue weighted by atomic mass is 16.6. The molecule has 4 N–H and O–H groups in total. The molecule has 7 amide bonds. The largest absolute Gasteiger partial charge is 0.444 e. The van der Waals surface area contributed by atoms with Gasteiger partial charge in [0.1, 0.15) is 24.2 Å². The third-order valence-corrected chi connectivity index (χ3v) is 6.83. The second kappa shape index (κ2) is 15.1. The maximum Gasteiger partial charge on any atom is 0.408 e. The smallest absolute Gasteiger partial charge is 0.408 e. The van der Waals surface area contributed by atoms with Gasteiger partial charge in [-0.05, 0) is 46.1 Å². The van der Waals surface area contributed by atoms with Gasteiger partial charge in [0, 0.05) is 37.7 Å². The molecular weight excluding hydrogens is 572 g/mol. The van der Waals surface area contributed by atoms with Gasteiger partial charge in [-0.1, -0.05) is 30.3 Å². The molecule has 2 aliphatic heterocycles. The summed E-state index contributed by atoms with van der Waals surface area (Å²) in [6.07, 6.45) is 2.36. The summed E-state index contributed by atoms with van der Waals surface area (Å²) in [4.78, 5) is 89.3. The number of carbonyl (C=O) groups is 7. The molecule has 0 aliphatic carbocycles. The minimum atomic E-state index is -1.05. The maximum absolute atomic E-state index is 13.3. The molecule has 238 valence electrons. The van der Waals surface area contributed by atoms with E-state index in [0.717, 1.165) is 10.5 Å².